The van der Waals surface area contributed by atoms with Crippen LogP contribution in [0.25, 0.3) is 0 Å². The zero-order valence-electron chi connectivity index (χ0n) is 9.62. The highest BCUT2D eigenvalue weighted by Gasteiger charge is 2.07. The van der Waals surface area contributed by atoms with E-state index >= 15 is 0 Å². The zero-order valence-corrected chi connectivity index (χ0v) is 9.62. The molecule has 0 rings (SSSR count). The molecule has 0 unspecified atom stereocenters. The van der Waals surface area contributed by atoms with Gasteiger partial charge in [0.25, 0.3) is 0 Å². The second-order valence-corrected chi connectivity index (χ2v) is 3.86. The van der Waals surface area contributed by atoms with Gasteiger partial charge in [0.1, 0.15) is 0 Å². The van der Waals surface area contributed by atoms with Gasteiger partial charge in [-0.05, 0) is 33.5 Å². The van der Waals surface area contributed by atoms with Crippen molar-refractivity contribution in [2.45, 2.75) is 19.3 Å². The predicted octanol–water partition coefficient (Wildman–Crippen LogP) is 0.135. The summed E-state index contributed by atoms with van der Waals surface area (Å²) in [7, 11) is 5.87. The molecule has 14 heavy (non-hydrogen) atoms. The van der Waals surface area contributed by atoms with Crippen molar-refractivity contribution in [3.63, 3.8) is 0 Å². The maximum absolute atomic E-state index is 11.5. The number of carbonyl (C=O) groups excluding carboxylic acids is 1. The van der Waals surface area contributed by atoms with Crippen LogP contribution in [-0.2, 0) is 4.79 Å². The number of carbonyl (C=O) groups is 1. The fourth-order valence-corrected chi connectivity index (χ4v) is 1.09. The third kappa shape index (κ3) is 6.86. The van der Waals surface area contributed by atoms with Crippen LogP contribution in [0.15, 0.2) is 0 Å². The van der Waals surface area contributed by atoms with Crippen molar-refractivity contribution in [3.05, 3.63) is 0 Å². The van der Waals surface area contributed by atoms with Crippen molar-refractivity contribution in [3.8, 4) is 0 Å². The number of hydrogen-bond acceptors (Lipinski definition) is 3. The first-order valence-corrected chi connectivity index (χ1v) is 5.16. The van der Waals surface area contributed by atoms with Gasteiger partial charge in [-0.3, -0.25) is 4.79 Å². The lowest BCUT2D eigenvalue weighted by atomic mass is 10.2. The van der Waals surface area contributed by atoms with Crippen molar-refractivity contribution < 1.29 is 4.79 Å². The molecule has 0 bridgehead atoms. The van der Waals surface area contributed by atoms with Crippen molar-refractivity contribution >= 4 is 5.91 Å². The highest BCUT2D eigenvalue weighted by atomic mass is 16.2. The number of hydrogen-bond donors (Lipinski definition) is 1. The molecular formula is C10H23N3O. The van der Waals surface area contributed by atoms with E-state index in [0.717, 1.165) is 25.9 Å². The van der Waals surface area contributed by atoms with Crippen molar-refractivity contribution in [1.29, 1.82) is 0 Å². The topological polar surface area (TPSA) is 49.6 Å². The summed E-state index contributed by atoms with van der Waals surface area (Å²) in [6.45, 7) is 2.39. The van der Waals surface area contributed by atoms with Crippen LogP contribution in [0.2, 0.25) is 0 Å². The Morgan fingerprint density at radius 2 is 1.79 bits per heavy atom. The fourth-order valence-electron chi connectivity index (χ4n) is 1.09. The Hall–Kier alpha value is -0.610. The summed E-state index contributed by atoms with van der Waals surface area (Å²) >= 11 is 0. The van der Waals surface area contributed by atoms with E-state index in [-0.39, 0.29) is 5.91 Å². The largest absolute Gasteiger partial charge is 0.344 e. The lowest BCUT2D eigenvalue weighted by molar-refractivity contribution is -0.130. The average Bonchev–Trinajstić information content (AvgIpc) is 2.14. The molecular weight excluding hydrogens is 178 g/mol. The Labute approximate surface area is 87.0 Å². The first kappa shape index (κ1) is 13.4. The van der Waals surface area contributed by atoms with Crippen LogP contribution in [0.5, 0.6) is 0 Å². The number of rotatable bonds is 7. The first-order valence-electron chi connectivity index (χ1n) is 5.16. The molecule has 0 aromatic carbocycles. The van der Waals surface area contributed by atoms with Gasteiger partial charge < -0.3 is 15.5 Å². The molecule has 0 atom stereocenters. The van der Waals surface area contributed by atoms with Gasteiger partial charge >= 0.3 is 0 Å². The number of nitrogens with two attached hydrogens (primary N) is 1. The van der Waals surface area contributed by atoms with Crippen LogP contribution in [0.3, 0.4) is 0 Å². The molecule has 0 aliphatic carbocycles. The molecule has 0 aliphatic rings. The Bertz CT molecular complexity index is 159. The van der Waals surface area contributed by atoms with E-state index in [1.54, 1.807) is 4.90 Å². The Kier molecular flexibility index (Phi) is 7.42. The first-order chi connectivity index (χ1) is 6.57. The predicted molar refractivity (Wildman–Crippen MR) is 59.1 cm³/mol. The van der Waals surface area contributed by atoms with Gasteiger partial charge in [0.05, 0.1) is 0 Å². The average molecular weight is 201 g/mol. The monoisotopic (exact) mass is 201 g/mol. The molecule has 0 aliphatic heterocycles. The smallest absolute Gasteiger partial charge is 0.222 e. The molecule has 0 fully saturated rings. The third-order valence-corrected chi connectivity index (χ3v) is 2.15. The highest BCUT2D eigenvalue weighted by molar-refractivity contribution is 5.75. The van der Waals surface area contributed by atoms with Crippen LogP contribution in [-0.4, -0.2) is 56.5 Å². The number of unbranched alkanes of at least 4 members (excludes halogenated alkanes) is 1. The zero-order chi connectivity index (χ0) is 11.0. The Morgan fingerprint density at radius 3 is 2.29 bits per heavy atom. The molecule has 0 heterocycles. The van der Waals surface area contributed by atoms with Gasteiger partial charge in [-0.2, -0.15) is 0 Å². The fraction of sp³-hybridized carbons (Fsp3) is 0.900. The molecule has 0 saturated carbocycles. The molecule has 0 aromatic heterocycles. The summed E-state index contributed by atoms with van der Waals surface area (Å²) in [6, 6.07) is 0. The van der Waals surface area contributed by atoms with Crippen LogP contribution in [0.1, 0.15) is 19.3 Å². The number of likely N-dealkylation sites (N-methyl/N-ethyl adjacent to an activating group) is 2. The van der Waals surface area contributed by atoms with Crippen LogP contribution >= 0.6 is 0 Å². The molecule has 0 radical (unpaired) electrons. The van der Waals surface area contributed by atoms with Gasteiger partial charge in [0.15, 0.2) is 0 Å². The molecule has 2 N–H and O–H groups in total. The van der Waals surface area contributed by atoms with Crippen molar-refractivity contribution in [1.82, 2.24) is 9.80 Å². The molecule has 0 spiro atoms. The molecule has 0 saturated heterocycles. The van der Waals surface area contributed by atoms with E-state index in [9.17, 15) is 4.79 Å². The van der Waals surface area contributed by atoms with Gasteiger partial charge in [-0.15, -0.1) is 0 Å². The Balaban J connectivity index is 3.54. The third-order valence-electron chi connectivity index (χ3n) is 2.15. The summed E-state index contributed by atoms with van der Waals surface area (Å²) in [5.41, 5.74) is 5.36. The van der Waals surface area contributed by atoms with E-state index < -0.39 is 0 Å². The molecule has 4 heteroatoms. The number of amides is 1. The summed E-state index contributed by atoms with van der Waals surface area (Å²) in [6.07, 6.45) is 2.47. The second kappa shape index (κ2) is 7.76. The van der Waals surface area contributed by atoms with Gasteiger partial charge in [-0.1, -0.05) is 0 Å². The highest BCUT2D eigenvalue weighted by Crippen LogP contribution is 1.98. The summed E-state index contributed by atoms with van der Waals surface area (Å²) in [5, 5.41) is 0. The van der Waals surface area contributed by atoms with Crippen LogP contribution < -0.4 is 5.73 Å². The van der Waals surface area contributed by atoms with Crippen molar-refractivity contribution in [2.75, 3.05) is 40.8 Å². The molecule has 84 valence electrons. The minimum Gasteiger partial charge on any atom is -0.344 e. The molecule has 0 aromatic rings. The maximum atomic E-state index is 11.5. The minimum absolute atomic E-state index is 0.223. The van der Waals surface area contributed by atoms with E-state index in [4.69, 9.17) is 5.73 Å². The standard InChI is InChI=1S/C10H23N3O/c1-12(2)8-9-13(3)10(14)6-4-5-7-11/h4-9,11H2,1-3H3. The van der Waals surface area contributed by atoms with Gasteiger partial charge in [0.2, 0.25) is 5.91 Å². The second-order valence-electron chi connectivity index (χ2n) is 3.86. The summed E-state index contributed by atoms with van der Waals surface area (Å²) in [4.78, 5) is 15.4. The lowest BCUT2D eigenvalue weighted by Crippen LogP contribution is -2.33. The Morgan fingerprint density at radius 1 is 1.14 bits per heavy atom. The van der Waals surface area contributed by atoms with Gasteiger partial charge in [0, 0.05) is 26.6 Å². The van der Waals surface area contributed by atoms with Crippen molar-refractivity contribution in [2.24, 2.45) is 5.73 Å². The van der Waals surface area contributed by atoms with E-state index in [0.29, 0.717) is 13.0 Å². The number of nitrogens with zero attached hydrogens (tertiary/aromatic N) is 2. The minimum atomic E-state index is 0.223. The lowest BCUT2D eigenvalue weighted by Gasteiger charge is -2.19. The van der Waals surface area contributed by atoms with E-state index in [2.05, 4.69) is 4.90 Å². The normalized spacial score (nSPS) is 10.6. The van der Waals surface area contributed by atoms with Crippen LogP contribution in [0.4, 0.5) is 0 Å². The summed E-state index contributed by atoms with van der Waals surface area (Å²) in [5.74, 6) is 0.223. The maximum Gasteiger partial charge on any atom is 0.222 e. The quantitative estimate of drug-likeness (QED) is 0.596. The van der Waals surface area contributed by atoms with E-state index in [1.807, 2.05) is 21.1 Å². The molecule has 4 nitrogen and oxygen atoms in total. The summed E-state index contributed by atoms with van der Waals surface area (Å²) < 4.78 is 0. The van der Waals surface area contributed by atoms with E-state index in [1.165, 1.54) is 0 Å². The SMILES string of the molecule is CN(C)CCN(C)C(=O)CCCCN. The molecule has 1 amide bonds. The van der Waals surface area contributed by atoms with Gasteiger partial charge in [-0.25, -0.2) is 0 Å². The van der Waals surface area contributed by atoms with Crippen LogP contribution in [0, 0.1) is 0 Å².